The van der Waals surface area contributed by atoms with Gasteiger partial charge in [0.2, 0.25) is 0 Å². The second-order valence-corrected chi connectivity index (χ2v) is 6.41. The molecule has 0 aliphatic heterocycles. The number of aryl methyl sites for hydroxylation is 2. The predicted molar refractivity (Wildman–Crippen MR) is 91.3 cm³/mol. The lowest BCUT2D eigenvalue weighted by Crippen LogP contribution is -2.23. The van der Waals surface area contributed by atoms with Gasteiger partial charge < -0.3 is 11.1 Å². The molecule has 2 atom stereocenters. The molecule has 0 saturated heterocycles. The summed E-state index contributed by atoms with van der Waals surface area (Å²) in [4.78, 5) is 4.49. The number of hydrogen-bond acceptors (Lipinski definition) is 1. The predicted octanol–water partition coefficient (Wildman–Crippen LogP) is 3.60. The molecule has 1 saturated carbocycles. The lowest BCUT2D eigenvalue weighted by Gasteiger charge is -2.08. The van der Waals surface area contributed by atoms with Crippen molar-refractivity contribution in [1.29, 1.82) is 0 Å². The van der Waals surface area contributed by atoms with E-state index in [0.29, 0.717) is 5.96 Å². The fraction of sp³-hybridized carbons (Fsp3) is 0.316. The van der Waals surface area contributed by atoms with Crippen molar-refractivity contribution in [2.45, 2.75) is 37.6 Å². The van der Waals surface area contributed by atoms with Crippen LogP contribution < -0.4 is 11.1 Å². The van der Waals surface area contributed by atoms with Crippen molar-refractivity contribution in [2.75, 3.05) is 5.32 Å². The summed E-state index contributed by atoms with van der Waals surface area (Å²) >= 11 is 0. The summed E-state index contributed by atoms with van der Waals surface area (Å²) in [6.07, 6.45) is 4.40. The number of halogens is 1. The van der Waals surface area contributed by atoms with E-state index in [1.54, 1.807) is 6.07 Å². The molecule has 3 N–H and O–H groups in total. The summed E-state index contributed by atoms with van der Waals surface area (Å²) in [7, 11) is 0. The molecule has 2 aliphatic carbocycles. The number of benzene rings is 2. The van der Waals surface area contributed by atoms with Gasteiger partial charge in [-0.1, -0.05) is 24.3 Å². The third kappa shape index (κ3) is 2.93. The second kappa shape index (κ2) is 5.69. The number of fused-ring (bicyclic) bond motifs is 1. The van der Waals surface area contributed by atoms with Crippen molar-refractivity contribution in [3.63, 3.8) is 0 Å². The van der Waals surface area contributed by atoms with E-state index in [-0.39, 0.29) is 17.8 Å². The van der Waals surface area contributed by atoms with Crippen LogP contribution in [-0.2, 0) is 12.8 Å². The van der Waals surface area contributed by atoms with E-state index in [1.165, 1.54) is 30.0 Å². The maximum atomic E-state index is 13.8. The SMILES string of the molecule is NC(=N[C@@H]1C[C@H]1c1ccccc1F)Nc1ccc2c(c1)CCC2. The van der Waals surface area contributed by atoms with Crippen molar-refractivity contribution in [3.05, 3.63) is 65.0 Å². The average molecular weight is 309 g/mol. The van der Waals surface area contributed by atoms with Crippen LogP contribution in [0.25, 0.3) is 0 Å². The van der Waals surface area contributed by atoms with Crippen LogP contribution in [0.5, 0.6) is 0 Å². The number of rotatable bonds is 3. The molecule has 3 nitrogen and oxygen atoms in total. The number of nitrogens with one attached hydrogen (secondary N) is 1. The van der Waals surface area contributed by atoms with Crippen LogP contribution in [0.3, 0.4) is 0 Å². The van der Waals surface area contributed by atoms with Crippen LogP contribution >= 0.6 is 0 Å². The first-order valence-corrected chi connectivity index (χ1v) is 8.17. The highest BCUT2D eigenvalue weighted by Crippen LogP contribution is 2.44. The van der Waals surface area contributed by atoms with Crippen molar-refractivity contribution in [3.8, 4) is 0 Å². The van der Waals surface area contributed by atoms with E-state index < -0.39 is 0 Å². The third-order valence-corrected chi connectivity index (χ3v) is 4.74. The second-order valence-electron chi connectivity index (χ2n) is 6.41. The smallest absolute Gasteiger partial charge is 0.193 e. The monoisotopic (exact) mass is 309 g/mol. The Morgan fingerprint density at radius 1 is 1.13 bits per heavy atom. The number of nitrogens with zero attached hydrogens (tertiary/aromatic N) is 1. The number of nitrogens with two attached hydrogens (primary N) is 1. The van der Waals surface area contributed by atoms with Gasteiger partial charge in [-0.25, -0.2) is 9.38 Å². The highest BCUT2D eigenvalue weighted by atomic mass is 19.1. The zero-order chi connectivity index (χ0) is 15.8. The molecule has 2 aromatic rings. The maximum absolute atomic E-state index is 13.8. The molecule has 1 fully saturated rings. The minimum absolute atomic E-state index is 0.0776. The first kappa shape index (κ1) is 14.2. The molecule has 2 aliphatic rings. The lowest BCUT2D eigenvalue weighted by atomic mass is 10.1. The summed E-state index contributed by atoms with van der Waals surface area (Å²) in [6, 6.07) is 13.4. The molecular formula is C19H20FN3. The molecule has 118 valence electrons. The molecule has 2 aromatic carbocycles. The average Bonchev–Trinajstić information content (AvgIpc) is 3.12. The minimum atomic E-state index is -0.152. The number of guanidine groups is 1. The van der Waals surface area contributed by atoms with Gasteiger partial charge in [0.25, 0.3) is 0 Å². The van der Waals surface area contributed by atoms with Crippen LogP contribution in [0.2, 0.25) is 0 Å². The lowest BCUT2D eigenvalue weighted by molar-refractivity contribution is 0.609. The Labute approximate surface area is 135 Å². The third-order valence-electron chi connectivity index (χ3n) is 4.74. The maximum Gasteiger partial charge on any atom is 0.193 e. The molecule has 0 amide bonds. The minimum Gasteiger partial charge on any atom is -0.370 e. The molecule has 23 heavy (non-hydrogen) atoms. The van der Waals surface area contributed by atoms with Crippen LogP contribution in [0.1, 0.15) is 35.4 Å². The summed E-state index contributed by atoms with van der Waals surface area (Å²) in [5.74, 6) is 0.406. The fourth-order valence-corrected chi connectivity index (χ4v) is 3.44. The highest BCUT2D eigenvalue weighted by molar-refractivity contribution is 5.92. The number of aliphatic imine (C=N–C) groups is 1. The van der Waals surface area contributed by atoms with Gasteiger partial charge in [-0.15, -0.1) is 0 Å². The van der Waals surface area contributed by atoms with E-state index in [0.717, 1.165) is 24.1 Å². The summed E-state index contributed by atoms with van der Waals surface area (Å²) in [6.45, 7) is 0. The molecular weight excluding hydrogens is 289 g/mol. The molecule has 0 aromatic heterocycles. The van der Waals surface area contributed by atoms with Gasteiger partial charge in [0.05, 0.1) is 6.04 Å². The van der Waals surface area contributed by atoms with E-state index in [4.69, 9.17) is 5.73 Å². The van der Waals surface area contributed by atoms with Gasteiger partial charge in [-0.05, 0) is 60.6 Å². The molecule has 0 bridgehead atoms. The van der Waals surface area contributed by atoms with Crippen LogP contribution in [0, 0.1) is 5.82 Å². The first-order valence-electron chi connectivity index (χ1n) is 8.17. The van der Waals surface area contributed by atoms with Gasteiger partial charge in [-0.3, -0.25) is 0 Å². The molecule has 0 radical (unpaired) electrons. The molecule has 0 unspecified atom stereocenters. The first-order chi connectivity index (χ1) is 11.2. The van der Waals surface area contributed by atoms with Crippen molar-refractivity contribution >= 4 is 11.6 Å². The normalized spacial score (nSPS) is 22.7. The molecule has 4 heteroatoms. The largest absolute Gasteiger partial charge is 0.370 e. The zero-order valence-electron chi connectivity index (χ0n) is 12.9. The van der Waals surface area contributed by atoms with Gasteiger partial charge in [-0.2, -0.15) is 0 Å². The molecule has 4 rings (SSSR count). The van der Waals surface area contributed by atoms with Crippen molar-refractivity contribution in [2.24, 2.45) is 10.7 Å². The van der Waals surface area contributed by atoms with Crippen molar-refractivity contribution < 1.29 is 4.39 Å². The van der Waals surface area contributed by atoms with E-state index in [9.17, 15) is 4.39 Å². The quantitative estimate of drug-likeness (QED) is 0.672. The Balaban J connectivity index is 1.43. The molecule has 0 heterocycles. The fourth-order valence-electron chi connectivity index (χ4n) is 3.44. The topological polar surface area (TPSA) is 50.4 Å². The van der Waals surface area contributed by atoms with Gasteiger partial charge in [0, 0.05) is 11.6 Å². The number of anilines is 1. The molecule has 0 spiro atoms. The van der Waals surface area contributed by atoms with Crippen molar-refractivity contribution in [1.82, 2.24) is 0 Å². The van der Waals surface area contributed by atoms with Crippen LogP contribution in [0.15, 0.2) is 47.5 Å². The summed E-state index contributed by atoms with van der Waals surface area (Å²) in [5, 5.41) is 3.16. The Morgan fingerprint density at radius 2 is 1.96 bits per heavy atom. The Bertz CT molecular complexity index is 769. The van der Waals surface area contributed by atoms with Gasteiger partial charge in [0.15, 0.2) is 5.96 Å². The van der Waals surface area contributed by atoms with Gasteiger partial charge in [0.1, 0.15) is 5.82 Å². The highest BCUT2D eigenvalue weighted by Gasteiger charge is 2.40. The Hall–Kier alpha value is -2.36. The Morgan fingerprint density at radius 3 is 2.83 bits per heavy atom. The summed E-state index contributed by atoms with van der Waals surface area (Å²) in [5.41, 5.74) is 10.6. The number of hydrogen-bond donors (Lipinski definition) is 2. The summed E-state index contributed by atoms with van der Waals surface area (Å²) < 4.78 is 13.8. The zero-order valence-corrected chi connectivity index (χ0v) is 12.9. The van der Waals surface area contributed by atoms with Gasteiger partial charge >= 0.3 is 0 Å². The Kier molecular flexibility index (Phi) is 3.52. The van der Waals surface area contributed by atoms with E-state index in [2.05, 4.69) is 22.4 Å². The standard InChI is InChI=1S/C19H20FN3/c20-17-7-2-1-6-15(17)16-11-18(16)23-19(21)22-14-9-8-12-4-3-5-13(12)10-14/h1-2,6-10,16,18H,3-5,11H2,(H3,21,22,23)/t16-,18+/m0/s1. The van der Waals surface area contributed by atoms with E-state index in [1.807, 2.05) is 18.2 Å². The van der Waals surface area contributed by atoms with Crippen LogP contribution in [0.4, 0.5) is 10.1 Å². The van der Waals surface area contributed by atoms with E-state index >= 15 is 0 Å². The van der Waals surface area contributed by atoms with Crippen LogP contribution in [-0.4, -0.2) is 12.0 Å².